The lowest BCUT2D eigenvalue weighted by atomic mass is 9.88. The van der Waals surface area contributed by atoms with Gasteiger partial charge in [0.15, 0.2) is 0 Å². The monoisotopic (exact) mass is 293 g/mol. The Morgan fingerprint density at radius 1 is 1.58 bits per heavy atom. The molecule has 3 rings (SSSR count). The fourth-order valence-electron chi connectivity index (χ4n) is 2.56. The van der Waals surface area contributed by atoms with Crippen LogP contribution in [0.2, 0.25) is 0 Å². The number of fused-ring (bicyclic) bond motifs is 1. The van der Waals surface area contributed by atoms with E-state index < -0.39 is 10.8 Å². The van der Waals surface area contributed by atoms with Crippen LogP contribution in [-0.4, -0.2) is 33.4 Å². The molecule has 2 aliphatic rings. The molecule has 0 radical (unpaired) electrons. The molecule has 0 saturated heterocycles. The van der Waals surface area contributed by atoms with Crippen LogP contribution in [0.25, 0.3) is 4.91 Å². The summed E-state index contributed by atoms with van der Waals surface area (Å²) in [6.07, 6.45) is 6.56. The van der Waals surface area contributed by atoms with Crippen molar-refractivity contribution in [3.05, 3.63) is 33.3 Å². The van der Waals surface area contributed by atoms with Crippen LogP contribution < -0.4 is 0 Å². The summed E-state index contributed by atoms with van der Waals surface area (Å²) in [4.78, 5) is 5.33. The molecule has 2 aliphatic heterocycles. The SMILES string of the molecule is CC[C@H]1CN=CC2=C(SC)S(=O)C(c3ccn[nH]3)=C21. The van der Waals surface area contributed by atoms with Crippen molar-refractivity contribution in [1.29, 1.82) is 0 Å². The molecule has 1 aromatic rings. The predicted octanol–water partition coefficient (Wildman–Crippen LogP) is 2.57. The van der Waals surface area contributed by atoms with Crippen LogP contribution in [0.1, 0.15) is 19.0 Å². The average Bonchev–Trinajstić information content (AvgIpc) is 3.03. The average molecular weight is 293 g/mol. The van der Waals surface area contributed by atoms with Gasteiger partial charge in [-0.1, -0.05) is 6.92 Å². The first-order chi connectivity index (χ1) is 9.27. The van der Waals surface area contributed by atoms with Crippen LogP contribution in [0, 0.1) is 5.92 Å². The number of nitrogens with one attached hydrogen (secondary N) is 1. The molecule has 19 heavy (non-hydrogen) atoms. The van der Waals surface area contributed by atoms with Crippen LogP contribution in [0.5, 0.6) is 0 Å². The van der Waals surface area contributed by atoms with Crippen molar-refractivity contribution in [3.8, 4) is 0 Å². The van der Waals surface area contributed by atoms with E-state index in [4.69, 9.17) is 0 Å². The summed E-state index contributed by atoms with van der Waals surface area (Å²) in [5.41, 5.74) is 3.13. The number of rotatable bonds is 3. The summed E-state index contributed by atoms with van der Waals surface area (Å²) in [7, 11) is -1.11. The maximum Gasteiger partial charge on any atom is 0.0946 e. The Labute approximate surface area is 118 Å². The molecule has 0 amide bonds. The number of aliphatic imine (C=N–C) groups is 1. The second-order valence-corrected chi connectivity index (χ2v) is 6.92. The normalized spacial score (nSPS) is 26.2. The number of hydrogen-bond donors (Lipinski definition) is 1. The highest BCUT2D eigenvalue weighted by atomic mass is 32.2. The van der Waals surface area contributed by atoms with E-state index >= 15 is 0 Å². The fraction of sp³-hybridized carbons (Fsp3) is 0.385. The van der Waals surface area contributed by atoms with Crippen molar-refractivity contribution < 1.29 is 4.21 Å². The third-order valence-electron chi connectivity index (χ3n) is 3.49. The maximum atomic E-state index is 12.7. The Balaban J connectivity index is 2.22. The van der Waals surface area contributed by atoms with Gasteiger partial charge < -0.3 is 0 Å². The highest BCUT2D eigenvalue weighted by Crippen LogP contribution is 2.46. The lowest BCUT2D eigenvalue weighted by Crippen LogP contribution is -2.15. The number of H-pyrrole nitrogens is 1. The van der Waals surface area contributed by atoms with Gasteiger partial charge in [-0.05, 0) is 24.3 Å². The first-order valence-electron chi connectivity index (χ1n) is 6.22. The number of allylic oxidation sites excluding steroid dienone is 1. The minimum Gasteiger partial charge on any atom is -0.292 e. The van der Waals surface area contributed by atoms with Gasteiger partial charge in [0.1, 0.15) is 0 Å². The molecular formula is C13H15N3OS2. The molecule has 1 aromatic heterocycles. The van der Waals surface area contributed by atoms with Gasteiger partial charge in [0.25, 0.3) is 0 Å². The van der Waals surface area contributed by atoms with Gasteiger partial charge in [-0.25, -0.2) is 4.21 Å². The van der Waals surface area contributed by atoms with E-state index in [2.05, 4.69) is 22.1 Å². The summed E-state index contributed by atoms with van der Waals surface area (Å²) in [5, 5.41) is 6.94. The minimum absolute atomic E-state index is 0.354. The van der Waals surface area contributed by atoms with Crippen LogP contribution in [0.4, 0.5) is 0 Å². The number of aromatic nitrogens is 2. The van der Waals surface area contributed by atoms with Crippen molar-refractivity contribution in [2.45, 2.75) is 13.3 Å². The standard InChI is InChI=1S/C13H15N3OS2/c1-3-8-6-14-7-9-11(8)12(10-4-5-15-16-10)19(17)13(9)18-2/h4-5,7-8H,3,6H2,1-2H3,(H,15,16)/t8-,19?/m0/s1. The van der Waals surface area contributed by atoms with Crippen LogP contribution >= 0.6 is 11.8 Å². The van der Waals surface area contributed by atoms with Crippen molar-refractivity contribution >= 4 is 33.7 Å². The second-order valence-electron chi connectivity index (χ2n) is 4.49. The van der Waals surface area contributed by atoms with Crippen molar-refractivity contribution in [3.63, 3.8) is 0 Å². The molecule has 1 N–H and O–H groups in total. The van der Waals surface area contributed by atoms with Crippen molar-refractivity contribution in [2.75, 3.05) is 12.8 Å². The van der Waals surface area contributed by atoms with E-state index in [-0.39, 0.29) is 0 Å². The Bertz CT molecular complexity index is 614. The van der Waals surface area contributed by atoms with Gasteiger partial charge in [-0.2, -0.15) is 5.10 Å². The summed E-state index contributed by atoms with van der Waals surface area (Å²) in [6.45, 7) is 2.94. The molecule has 0 aromatic carbocycles. The summed E-state index contributed by atoms with van der Waals surface area (Å²) in [5.74, 6) is 0.354. The first kappa shape index (κ1) is 12.9. The van der Waals surface area contributed by atoms with Crippen LogP contribution in [0.3, 0.4) is 0 Å². The smallest absolute Gasteiger partial charge is 0.0946 e. The Hall–Kier alpha value is -1.14. The molecule has 0 aliphatic carbocycles. The molecule has 3 heterocycles. The van der Waals surface area contributed by atoms with E-state index in [0.717, 1.165) is 33.4 Å². The second kappa shape index (κ2) is 5.09. The minimum atomic E-state index is -1.11. The van der Waals surface area contributed by atoms with Gasteiger partial charge in [-0.15, -0.1) is 11.8 Å². The number of hydrogen-bond acceptors (Lipinski definition) is 4. The Kier molecular flexibility index (Phi) is 3.45. The molecule has 6 heteroatoms. The predicted molar refractivity (Wildman–Crippen MR) is 81.3 cm³/mol. The zero-order chi connectivity index (χ0) is 13.4. The lowest BCUT2D eigenvalue weighted by Gasteiger charge is -2.20. The molecule has 0 saturated carbocycles. The number of aromatic amines is 1. The van der Waals surface area contributed by atoms with Gasteiger partial charge >= 0.3 is 0 Å². The summed E-state index contributed by atoms with van der Waals surface area (Å²) in [6, 6.07) is 1.89. The lowest BCUT2D eigenvalue weighted by molar-refractivity contribution is 0.610. The molecular weight excluding hydrogens is 278 g/mol. The van der Waals surface area contributed by atoms with Gasteiger partial charge in [0, 0.05) is 30.4 Å². The molecule has 0 bridgehead atoms. The zero-order valence-electron chi connectivity index (χ0n) is 10.8. The summed E-state index contributed by atoms with van der Waals surface area (Å²) >= 11 is 1.55. The van der Waals surface area contributed by atoms with E-state index in [1.54, 1.807) is 18.0 Å². The van der Waals surface area contributed by atoms with Gasteiger partial charge in [0.05, 0.1) is 25.6 Å². The zero-order valence-corrected chi connectivity index (χ0v) is 12.5. The first-order valence-corrected chi connectivity index (χ1v) is 8.59. The van der Waals surface area contributed by atoms with Gasteiger partial charge in [0.2, 0.25) is 0 Å². The maximum absolute atomic E-state index is 12.7. The quantitative estimate of drug-likeness (QED) is 0.932. The largest absolute Gasteiger partial charge is 0.292 e. The molecule has 0 fully saturated rings. The number of thioether (sulfide) groups is 1. The third kappa shape index (κ3) is 1.94. The molecule has 100 valence electrons. The highest BCUT2D eigenvalue weighted by molar-refractivity contribution is 8.19. The number of nitrogens with zero attached hydrogens (tertiary/aromatic N) is 2. The highest BCUT2D eigenvalue weighted by Gasteiger charge is 2.36. The molecule has 2 atom stereocenters. The molecule has 4 nitrogen and oxygen atoms in total. The topological polar surface area (TPSA) is 58.1 Å². The third-order valence-corrected chi connectivity index (χ3v) is 6.40. The van der Waals surface area contributed by atoms with Crippen molar-refractivity contribution in [1.82, 2.24) is 10.2 Å². The van der Waals surface area contributed by atoms with Crippen molar-refractivity contribution in [2.24, 2.45) is 10.9 Å². The Morgan fingerprint density at radius 2 is 2.42 bits per heavy atom. The van der Waals surface area contributed by atoms with Crippen LogP contribution in [0.15, 0.2) is 32.6 Å². The molecule has 1 unspecified atom stereocenters. The van der Waals surface area contributed by atoms with E-state index in [1.165, 1.54) is 5.57 Å². The summed E-state index contributed by atoms with van der Waals surface area (Å²) < 4.78 is 13.6. The van der Waals surface area contributed by atoms with Crippen LogP contribution in [-0.2, 0) is 10.8 Å². The van der Waals surface area contributed by atoms with E-state index in [0.29, 0.717) is 5.92 Å². The fourth-order valence-corrected chi connectivity index (χ4v) is 5.14. The van der Waals surface area contributed by atoms with Gasteiger partial charge in [-0.3, -0.25) is 10.1 Å². The molecule has 0 spiro atoms. The van der Waals surface area contributed by atoms with E-state index in [9.17, 15) is 4.21 Å². The van der Waals surface area contributed by atoms with E-state index in [1.807, 2.05) is 18.5 Å². The Morgan fingerprint density at radius 3 is 3.05 bits per heavy atom.